The summed E-state index contributed by atoms with van der Waals surface area (Å²) in [4.78, 5) is 8.86. The second-order valence-electron chi connectivity index (χ2n) is 6.17. The van der Waals surface area contributed by atoms with E-state index in [2.05, 4.69) is 25.8 Å². The van der Waals surface area contributed by atoms with E-state index in [0.717, 1.165) is 17.2 Å². The van der Waals surface area contributed by atoms with Crippen LogP contribution in [0, 0.1) is 13.8 Å². The molecule has 7 heteroatoms. The van der Waals surface area contributed by atoms with E-state index < -0.39 is 0 Å². The fourth-order valence-electron chi connectivity index (χ4n) is 2.66. The largest absolute Gasteiger partial charge is 0.455 e. The normalized spacial score (nSPS) is 10.5. The standard InChI is InChI=1S/C21H19N5O2/c1-14-12-21(26-28-14)25-20-13-19(22-15(2)23-20)24-17-10-6-7-11-18(17)27-16-8-4-3-5-9-16/h3-13H,1-2H3,(H2,22,23,24,25,26). The first-order valence-corrected chi connectivity index (χ1v) is 8.81. The van der Waals surface area contributed by atoms with Crippen molar-refractivity contribution < 1.29 is 9.26 Å². The van der Waals surface area contributed by atoms with Crippen molar-refractivity contribution in [3.8, 4) is 11.5 Å². The molecular formula is C21H19N5O2. The second-order valence-corrected chi connectivity index (χ2v) is 6.17. The number of hydrogen-bond donors (Lipinski definition) is 2. The van der Waals surface area contributed by atoms with E-state index in [4.69, 9.17) is 9.26 Å². The SMILES string of the molecule is Cc1nc(Nc2cc(C)on2)cc(Nc2ccccc2Oc2ccccc2)n1. The summed E-state index contributed by atoms with van der Waals surface area (Å²) in [6.45, 7) is 3.66. The summed E-state index contributed by atoms with van der Waals surface area (Å²) in [7, 11) is 0. The number of anilines is 4. The van der Waals surface area contributed by atoms with Crippen molar-refractivity contribution in [2.75, 3.05) is 10.6 Å². The van der Waals surface area contributed by atoms with E-state index in [1.54, 1.807) is 12.1 Å². The molecule has 140 valence electrons. The van der Waals surface area contributed by atoms with Crippen molar-refractivity contribution in [1.29, 1.82) is 0 Å². The summed E-state index contributed by atoms with van der Waals surface area (Å²) in [5.74, 6) is 4.65. The number of para-hydroxylation sites is 3. The Labute approximate surface area is 162 Å². The monoisotopic (exact) mass is 373 g/mol. The second kappa shape index (κ2) is 7.79. The first kappa shape index (κ1) is 17.5. The van der Waals surface area contributed by atoms with Crippen molar-refractivity contribution in [3.05, 3.63) is 78.3 Å². The average molecular weight is 373 g/mol. The van der Waals surface area contributed by atoms with Crippen LogP contribution < -0.4 is 15.4 Å². The molecule has 2 aromatic carbocycles. The zero-order valence-corrected chi connectivity index (χ0v) is 15.5. The van der Waals surface area contributed by atoms with Crippen LogP contribution in [0.3, 0.4) is 0 Å². The lowest BCUT2D eigenvalue weighted by molar-refractivity contribution is 0.400. The fourth-order valence-corrected chi connectivity index (χ4v) is 2.66. The van der Waals surface area contributed by atoms with Gasteiger partial charge in [0.05, 0.1) is 5.69 Å². The van der Waals surface area contributed by atoms with Crippen LogP contribution in [-0.4, -0.2) is 15.1 Å². The molecule has 2 N–H and O–H groups in total. The zero-order valence-electron chi connectivity index (χ0n) is 15.5. The minimum absolute atomic E-state index is 0.592. The van der Waals surface area contributed by atoms with Crippen molar-refractivity contribution in [2.45, 2.75) is 13.8 Å². The Balaban J connectivity index is 1.57. The molecule has 0 saturated heterocycles. The topological polar surface area (TPSA) is 85.1 Å². The molecule has 0 fully saturated rings. The number of ether oxygens (including phenoxy) is 1. The van der Waals surface area contributed by atoms with Gasteiger partial charge in [0.15, 0.2) is 11.6 Å². The van der Waals surface area contributed by atoms with Gasteiger partial charge in [-0.1, -0.05) is 35.5 Å². The predicted octanol–water partition coefficient (Wildman–Crippen LogP) is 5.36. The van der Waals surface area contributed by atoms with E-state index in [-0.39, 0.29) is 0 Å². The molecule has 0 aliphatic heterocycles. The van der Waals surface area contributed by atoms with Gasteiger partial charge in [-0.25, -0.2) is 9.97 Å². The van der Waals surface area contributed by atoms with Gasteiger partial charge in [0.1, 0.15) is 29.0 Å². The Kier molecular flexibility index (Phi) is 4.88. The number of aryl methyl sites for hydroxylation is 2. The van der Waals surface area contributed by atoms with Crippen molar-refractivity contribution >= 4 is 23.1 Å². The van der Waals surface area contributed by atoms with Gasteiger partial charge >= 0.3 is 0 Å². The minimum atomic E-state index is 0.592. The molecule has 28 heavy (non-hydrogen) atoms. The summed E-state index contributed by atoms with van der Waals surface area (Å²) in [5.41, 5.74) is 0.799. The number of aromatic nitrogens is 3. The van der Waals surface area contributed by atoms with Gasteiger partial charge in [0.25, 0.3) is 0 Å². The highest BCUT2D eigenvalue weighted by Crippen LogP contribution is 2.31. The number of hydrogen-bond acceptors (Lipinski definition) is 7. The van der Waals surface area contributed by atoms with Gasteiger partial charge < -0.3 is 19.9 Å². The van der Waals surface area contributed by atoms with E-state index in [0.29, 0.717) is 29.0 Å². The quantitative estimate of drug-likeness (QED) is 0.470. The van der Waals surface area contributed by atoms with Crippen LogP contribution in [0.2, 0.25) is 0 Å². The lowest BCUT2D eigenvalue weighted by atomic mass is 10.3. The first-order valence-electron chi connectivity index (χ1n) is 8.81. The van der Waals surface area contributed by atoms with Gasteiger partial charge in [-0.3, -0.25) is 0 Å². The van der Waals surface area contributed by atoms with Crippen LogP contribution in [0.25, 0.3) is 0 Å². The molecule has 0 amide bonds. The molecule has 2 aromatic heterocycles. The number of nitrogens with zero attached hydrogens (tertiary/aromatic N) is 3. The highest BCUT2D eigenvalue weighted by atomic mass is 16.5. The van der Waals surface area contributed by atoms with Crippen molar-refractivity contribution in [1.82, 2.24) is 15.1 Å². The van der Waals surface area contributed by atoms with Crippen LogP contribution in [0.4, 0.5) is 23.1 Å². The Hall–Kier alpha value is -3.87. The smallest absolute Gasteiger partial charge is 0.175 e. The average Bonchev–Trinajstić information content (AvgIpc) is 3.08. The lowest BCUT2D eigenvalue weighted by Gasteiger charge is -2.13. The molecule has 0 unspecified atom stereocenters. The van der Waals surface area contributed by atoms with Crippen molar-refractivity contribution in [3.63, 3.8) is 0 Å². The first-order chi connectivity index (χ1) is 13.7. The number of benzene rings is 2. The molecule has 0 bridgehead atoms. The molecule has 7 nitrogen and oxygen atoms in total. The highest BCUT2D eigenvalue weighted by Gasteiger charge is 2.09. The summed E-state index contributed by atoms with van der Waals surface area (Å²) in [5, 5.41) is 10.4. The van der Waals surface area contributed by atoms with Crippen LogP contribution in [-0.2, 0) is 0 Å². The summed E-state index contributed by atoms with van der Waals surface area (Å²) < 4.78 is 11.1. The third-order valence-corrected chi connectivity index (χ3v) is 3.84. The third kappa shape index (κ3) is 4.27. The molecule has 0 spiro atoms. The Bertz CT molecular complexity index is 1080. The molecule has 4 rings (SSSR count). The Morgan fingerprint density at radius 3 is 2.25 bits per heavy atom. The van der Waals surface area contributed by atoms with Crippen LogP contribution >= 0.6 is 0 Å². The minimum Gasteiger partial charge on any atom is -0.455 e. The third-order valence-electron chi connectivity index (χ3n) is 3.84. The molecule has 0 aliphatic carbocycles. The zero-order chi connectivity index (χ0) is 19.3. The summed E-state index contributed by atoms with van der Waals surface area (Å²) in [6, 6.07) is 20.9. The molecule has 2 heterocycles. The molecule has 4 aromatic rings. The fraction of sp³-hybridized carbons (Fsp3) is 0.0952. The van der Waals surface area contributed by atoms with E-state index in [9.17, 15) is 0 Å². The maximum absolute atomic E-state index is 6.00. The molecular weight excluding hydrogens is 354 g/mol. The predicted molar refractivity (Wildman–Crippen MR) is 108 cm³/mol. The molecule has 0 saturated carbocycles. The van der Waals surface area contributed by atoms with Crippen molar-refractivity contribution in [2.24, 2.45) is 0 Å². The molecule has 0 aliphatic rings. The highest BCUT2D eigenvalue weighted by molar-refractivity contribution is 5.67. The van der Waals surface area contributed by atoms with E-state index in [1.807, 2.05) is 68.4 Å². The van der Waals surface area contributed by atoms with Gasteiger partial charge in [0, 0.05) is 12.1 Å². The number of rotatable bonds is 6. The number of nitrogens with one attached hydrogen (secondary N) is 2. The van der Waals surface area contributed by atoms with Crippen LogP contribution in [0.15, 0.2) is 71.3 Å². The van der Waals surface area contributed by atoms with E-state index in [1.165, 1.54) is 0 Å². The van der Waals surface area contributed by atoms with E-state index >= 15 is 0 Å². The maximum atomic E-state index is 6.00. The van der Waals surface area contributed by atoms with Gasteiger partial charge in [-0.05, 0) is 38.1 Å². The summed E-state index contributed by atoms with van der Waals surface area (Å²) >= 11 is 0. The molecule has 0 radical (unpaired) electrons. The van der Waals surface area contributed by atoms with Crippen LogP contribution in [0.1, 0.15) is 11.6 Å². The lowest BCUT2D eigenvalue weighted by Crippen LogP contribution is -2.02. The Morgan fingerprint density at radius 2 is 1.50 bits per heavy atom. The van der Waals surface area contributed by atoms with Gasteiger partial charge in [-0.2, -0.15) is 0 Å². The molecule has 0 atom stereocenters. The summed E-state index contributed by atoms with van der Waals surface area (Å²) in [6.07, 6.45) is 0. The van der Waals surface area contributed by atoms with Crippen LogP contribution in [0.5, 0.6) is 11.5 Å². The van der Waals surface area contributed by atoms with Gasteiger partial charge in [-0.15, -0.1) is 0 Å². The maximum Gasteiger partial charge on any atom is 0.175 e. The van der Waals surface area contributed by atoms with Gasteiger partial charge in [0.2, 0.25) is 0 Å². The Morgan fingerprint density at radius 1 is 0.786 bits per heavy atom.